The number of thioether (sulfide) groups is 1. The van der Waals surface area contributed by atoms with E-state index in [1.165, 1.54) is 18.6 Å². The third kappa shape index (κ3) is 2.11. The minimum absolute atomic E-state index is 0.0431. The number of hydrogen-bond donors (Lipinski definition) is 1. The molecule has 90 valence electrons. The molecule has 16 heavy (non-hydrogen) atoms. The van der Waals surface area contributed by atoms with Gasteiger partial charge in [-0.2, -0.15) is 11.8 Å². The Balaban J connectivity index is 2.19. The molecular weight excluding hydrogens is 220 g/mol. The van der Waals surface area contributed by atoms with Gasteiger partial charge in [-0.25, -0.2) is 4.68 Å². The fourth-order valence-electron chi connectivity index (χ4n) is 2.25. The molecule has 0 radical (unpaired) electrons. The Morgan fingerprint density at radius 1 is 1.69 bits per heavy atom. The molecule has 0 spiro atoms. The summed E-state index contributed by atoms with van der Waals surface area (Å²) in [5.74, 6) is 1.22. The summed E-state index contributed by atoms with van der Waals surface area (Å²) < 4.78 is 2.11. The fourth-order valence-corrected chi connectivity index (χ4v) is 3.59. The van der Waals surface area contributed by atoms with E-state index in [1.807, 2.05) is 22.6 Å². The molecule has 2 rings (SSSR count). The topological polar surface area (TPSA) is 56.7 Å². The molecule has 1 fully saturated rings. The highest BCUT2D eigenvalue weighted by Gasteiger charge is 2.38. The highest BCUT2D eigenvalue weighted by molar-refractivity contribution is 8.00. The van der Waals surface area contributed by atoms with Crippen LogP contribution in [-0.4, -0.2) is 25.5 Å². The van der Waals surface area contributed by atoms with E-state index in [-0.39, 0.29) is 10.8 Å². The first-order valence-electron chi connectivity index (χ1n) is 5.95. The Bertz CT molecular complexity index is 344. The van der Waals surface area contributed by atoms with Gasteiger partial charge in [0.25, 0.3) is 0 Å². The van der Waals surface area contributed by atoms with Crippen molar-refractivity contribution in [3.8, 4) is 0 Å². The second-order valence-corrected chi connectivity index (χ2v) is 6.25. The molecule has 0 saturated carbocycles. The van der Waals surface area contributed by atoms with Crippen molar-refractivity contribution in [1.29, 1.82) is 0 Å². The molecule has 1 aromatic rings. The van der Waals surface area contributed by atoms with Crippen LogP contribution in [0.1, 0.15) is 44.8 Å². The van der Waals surface area contributed by atoms with Crippen LogP contribution in [0.2, 0.25) is 0 Å². The third-order valence-corrected chi connectivity index (χ3v) is 4.92. The van der Waals surface area contributed by atoms with Gasteiger partial charge in [-0.05, 0) is 31.9 Å². The number of aromatic nitrogens is 3. The average Bonchev–Trinajstić information content (AvgIpc) is 2.88. The molecule has 2 atom stereocenters. The lowest BCUT2D eigenvalue weighted by Gasteiger charge is -2.30. The molecule has 2 unspecified atom stereocenters. The smallest absolute Gasteiger partial charge is 0.0768 e. The van der Waals surface area contributed by atoms with Crippen LogP contribution in [0.4, 0.5) is 0 Å². The standard InChI is InChI=1S/C11H20N4S/c1-3-6-15-9(8-13-14-15)10(12)11(2)5-4-7-16-11/h8,10H,3-7,12H2,1-2H3. The number of nitrogens with zero attached hydrogens (tertiary/aromatic N) is 3. The SMILES string of the molecule is CCCn1nncc1C(N)C1(C)CCCS1. The predicted octanol–water partition coefficient (Wildman–Crippen LogP) is 1.97. The first-order valence-corrected chi connectivity index (χ1v) is 6.94. The van der Waals surface area contributed by atoms with Crippen molar-refractivity contribution in [2.75, 3.05) is 5.75 Å². The second-order valence-electron chi connectivity index (χ2n) is 4.62. The van der Waals surface area contributed by atoms with Crippen LogP contribution >= 0.6 is 11.8 Å². The largest absolute Gasteiger partial charge is 0.321 e. The number of hydrogen-bond acceptors (Lipinski definition) is 4. The maximum atomic E-state index is 6.39. The zero-order valence-corrected chi connectivity index (χ0v) is 10.8. The van der Waals surface area contributed by atoms with Crippen LogP contribution in [0.15, 0.2) is 6.20 Å². The maximum Gasteiger partial charge on any atom is 0.0768 e. The van der Waals surface area contributed by atoms with Crippen molar-refractivity contribution in [2.24, 2.45) is 5.73 Å². The van der Waals surface area contributed by atoms with Gasteiger partial charge in [0.2, 0.25) is 0 Å². The van der Waals surface area contributed by atoms with Crippen molar-refractivity contribution >= 4 is 11.8 Å². The lowest BCUT2D eigenvalue weighted by molar-refractivity contribution is 0.452. The number of aryl methyl sites for hydroxylation is 1. The molecule has 1 aliphatic rings. The summed E-state index contributed by atoms with van der Waals surface area (Å²) in [7, 11) is 0. The summed E-state index contributed by atoms with van der Waals surface area (Å²) in [4.78, 5) is 0. The molecule has 1 aliphatic heterocycles. The van der Waals surface area contributed by atoms with Crippen molar-refractivity contribution in [3.63, 3.8) is 0 Å². The molecule has 0 aromatic carbocycles. The summed E-state index contributed by atoms with van der Waals surface area (Å²) in [6, 6.07) is 0.0431. The van der Waals surface area contributed by atoms with E-state index >= 15 is 0 Å². The Hall–Kier alpha value is -0.550. The van der Waals surface area contributed by atoms with E-state index in [4.69, 9.17) is 5.73 Å². The first-order chi connectivity index (χ1) is 7.67. The molecule has 0 amide bonds. The summed E-state index contributed by atoms with van der Waals surface area (Å²) in [6.07, 6.45) is 5.34. The molecule has 4 nitrogen and oxygen atoms in total. The number of rotatable bonds is 4. The molecule has 1 aromatic heterocycles. The first kappa shape index (κ1) is 11.9. The Kier molecular flexibility index (Phi) is 3.54. The van der Waals surface area contributed by atoms with Crippen molar-refractivity contribution < 1.29 is 0 Å². The van der Waals surface area contributed by atoms with Crippen LogP contribution in [0.25, 0.3) is 0 Å². The van der Waals surface area contributed by atoms with Crippen molar-refractivity contribution in [2.45, 2.75) is 50.4 Å². The predicted molar refractivity (Wildman–Crippen MR) is 67.3 cm³/mol. The van der Waals surface area contributed by atoms with Gasteiger partial charge in [0.05, 0.1) is 17.9 Å². The van der Waals surface area contributed by atoms with E-state index in [2.05, 4.69) is 24.2 Å². The van der Waals surface area contributed by atoms with Gasteiger partial charge >= 0.3 is 0 Å². The minimum atomic E-state index is 0.0431. The molecule has 5 heteroatoms. The van der Waals surface area contributed by atoms with E-state index in [0.29, 0.717) is 0 Å². The normalized spacial score (nSPS) is 27.2. The van der Waals surface area contributed by atoms with E-state index < -0.39 is 0 Å². The van der Waals surface area contributed by atoms with Gasteiger partial charge in [-0.3, -0.25) is 0 Å². The zero-order valence-electron chi connectivity index (χ0n) is 10.0. The van der Waals surface area contributed by atoms with Crippen LogP contribution in [0.5, 0.6) is 0 Å². The molecule has 2 heterocycles. The molecule has 1 saturated heterocycles. The lowest BCUT2D eigenvalue weighted by atomic mass is 9.94. The van der Waals surface area contributed by atoms with Gasteiger partial charge in [0.15, 0.2) is 0 Å². The molecule has 2 N–H and O–H groups in total. The lowest BCUT2D eigenvalue weighted by Crippen LogP contribution is -2.34. The summed E-state index contributed by atoms with van der Waals surface area (Å²) in [5, 5.41) is 8.09. The molecular formula is C11H20N4S. The van der Waals surface area contributed by atoms with Crippen LogP contribution in [0.3, 0.4) is 0 Å². The average molecular weight is 240 g/mol. The summed E-state index contributed by atoms with van der Waals surface area (Å²) in [6.45, 7) is 5.31. The Morgan fingerprint density at radius 2 is 2.50 bits per heavy atom. The van der Waals surface area contributed by atoms with Gasteiger partial charge in [0.1, 0.15) is 0 Å². The monoisotopic (exact) mass is 240 g/mol. The van der Waals surface area contributed by atoms with E-state index in [1.54, 1.807) is 0 Å². The fraction of sp³-hybridized carbons (Fsp3) is 0.818. The van der Waals surface area contributed by atoms with Gasteiger partial charge in [-0.1, -0.05) is 12.1 Å². The summed E-state index contributed by atoms with van der Waals surface area (Å²) >= 11 is 1.98. The van der Waals surface area contributed by atoms with Gasteiger partial charge < -0.3 is 5.73 Å². The Labute approximate surface area is 101 Å². The molecule has 0 bridgehead atoms. The van der Waals surface area contributed by atoms with Crippen LogP contribution in [-0.2, 0) is 6.54 Å². The van der Waals surface area contributed by atoms with Gasteiger partial charge in [0, 0.05) is 11.3 Å². The minimum Gasteiger partial charge on any atom is -0.321 e. The van der Waals surface area contributed by atoms with Crippen LogP contribution < -0.4 is 5.73 Å². The van der Waals surface area contributed by atoms with E-state index in [0.717, 1.165) is 18.7 Å². The highest BCUT2D eigenvalue weighted by atomic mass is 32.2. The van der Waals surface area contributed by atoms with Crippen LogP contribution in [0, 0.1) is 0 Å². The van der Waals surface area contributed by atoms with Gasteiger partial charge in [-0.15, -0.1) is 5.10 Å². The maximum absolute atomic E-state index is 6.39. The quantitative estimate of drug-likeness (QED) is 0.874. The van der Waals surface area contributed by atoms with Crippen molar-refractivity contribution in [3.05, 3.63) is 11.9 Å². The Morgan fingerprint density at radius 3 is 3.12 bits per heavy atom. The second kappa shape index (κ2) is 4.75. The number of nitrogens with two attached hydrogens (primary N) is 1. The zero-order chi connectivity index (χ0) is 11.6. The van der Waals surface area contributed by atoms with Crippen molar-refractivity contribution in [1.82, 2.24) is 15.0 Å². The molecule has 0 aliphatic carbocycles. The van der Waals surface area contributed by atoms with E-state index in [9.17, 15) is 0 Å². The summed E-state index contributed by atoms with van der Waals surface area (Å²) in [5.41, 5.74) is 7.47. The third-order valence-electron chi connectivity index (χ3n) is 3.31. The highest BCUT2D eigenvalue weighted by Crippen LogP contribution is 2.45.